The van der Waals surface area contributed by atoms with Crippen LogP contribution in [0.2, 0.25) is 0 Å². The van der Waals surface area contributed by atoms with Crippen molar-refractivity contribution >= 4 is 23.7 Å². The van der Waals surface area contributed by atoms with E-state index in [1.807, 2.05) is 14.1 Å². The maximum Gasteiger partial charge on any atom is 0.411 e. The highest BCUT2D eigenvalue weighted by Gasteiger charge is 2.07. The van der Waals surface area contributed by atoms with Gasteiger partial charge in [-0.1, -0.05) is 0 Å². The molecule has 1 aromatic heterocycles. The predicted molar refractivity (Wildman–Crippen MR) is 85.4 cm³/mol. The molecule has 0 saturated carbocycles. The second-order valence-electron chi connectivity index (χ2n) is 4.73. The lowest BCUT2D eigenvalue weighted by atomic mass is 10.3. The van der Waals surface area contributed by atoms with E-state index in [9.17, 15) is 4.79 Å². The highest BCUT2D eigenvalue weighted by Crippen LogP contribution is 2.17. The zero-order valence-electron chi connectivity index (χ0n) is 13.1. The first-order valence-corrected chi connectivity index (χ1v) is 6.73. The average molecular weight is 318 g/mol. The van der Waals surface area contributed by atoms with Gasteiger partial charge in [0.1, 0.15) is 12.4 Å². The molecule has 3 N–H and O–H groups in total. The molecule has 0 unspecified atom stereocenters. The Balaban J connectivity index is 1.99. The summed E-state index contributed by atoms with van der Waals surface area (Å²) in [7, 11) is 4.92. The van der Waals surface area contributed by atoms with E-state index in [0.717, 1.165) is 0 Å². The summed E-state index contributed by atoms with van der Waals surface area (Å²) < 4.78 is 10.1. The fraction of sp³-hybridized carbons (Fsp3) is 0.286. The molecule has 0 radical (unpaired) electrons. The van der Waals surface area contributed by atoms with E-state index in [1.54, 1.807) is 29.2 Å². The van der Waals surface area contributed by atoms with Gasteiger partial charge in [0.15, 0.2) is 5.82 Å². The smallest absolute Gasteiger partial charge is 0.411 e. The molecule has 0 fully saturated rings. The molecule has 9 nitrogen and oxygen atoms in total. The van der Waals surface area contributed by atoms with Crippen LogP contribution in [0.25, 0.3) is 0 Å². The number of amides is 1. The Kier molecular flexibility index (Phi) is 5.13. The molecule has 9 heteroatoms. The summed E-state index contributed by atoms with van der Waals surface area (Å²) in [5.41, 5.74) is 6.25. The quantitative estimate of drug-likeness (QED) is 0.847. The number of benzene rings is 1. The van der Waals surface area contributed by atoms with Crippen molar-refractivity contribution in [1.29, 1.82) is 0 Å². The lowest BCUT2D eigenvalue weighted by Gasteiger charge is -2.12. The van der Waals surface area contributed by atoms with E-state index < -0.39 is 6.09 Å². The Morgan fingerprint density at radius 1 is 1.22 bits per heavy atom. The zero-order valence-corrected chi connectivity index (χ0v) is 13.1. The largest absolute Gasteiger partial charge is 0.486 e. The molecule has 0 aliphatic carbocycles. The van der Waals surface area contributed by atoms with Crippen molar-refractivity contribution in [2.75, 3.05) is 37.2 Å². The van der Waals surface area contributed by atoms with Gasteiger partial charge in [0.25, 0.3) is 0 Å². The van der Waals surface area contributed by atoms with E-state index in [4.69, 9.17) is 10.5 Å². The Morgan fingerprint density at radius 2 is 1.91 bits per heavy atom. The van der Waals surface area contributed by atoms with Crippen molar-refractivity contribution in [3.63, 3.8) is 0 Å². The fourth-order valence-electron chi connectivity index (χ4n) is 1.64. The summed E-state index contributed by atoms with van der Waals surface area (Å²) in [5, 5.41) is 2.55. The van der Waals surface area contributed by atoms with Gasteiger partial charge < -0.3 is 20.1 Å². The van der Waals surface area contributed by atoms with Crippen LogP contribution in [0, 0.1) is 0 Å². The summed E-state index contributed by atoms with van der Waals surface area (Å²) in [6, 6.07) is 6.81. The minimum atomic E-state index is -0.532. The van der Waals surface area contributed by atoms with E-state index in [0.29, 0.717) is 23.2 Å². The van der Waals surface area contributed by atoms with Crippen LogP contribution in [-0.2, 0) is 11.3 Å². The Hall–Kier alpha value is -3.10. The van der Waals surface area contributed by atoms with Gasteiger partial charge in [-0.3, -0.25) is 5.32 Å². The Morgan fingerprint density at radius 3 is 2.52 bits per heavy atom. The van der Waals surface area contributed by atoms with Crippen molar-refractivity contribution < 1.29 is 14.3 Å². The molecule has 0 saturated heterocycles. The van der Waals surface area contributed by atoms with Gasteiger partial charge in [0.05, 0.1) is 7.11 Å². The molecule has 0 spiro atoms. The lowest BCUT2D eigenvalue weighted by Crippen LogP contribution is -2.16. The van der Waals surface area contributed by atoms with Crippen molar-refractivity contribution in [2.45, 2.75) is 6.61 Å². The molecule has 23 heavy (non-hydrogen) atoms. The minimum absolute atomic E-state index is 0.139. The number of rotatable bonds is 5. The summed E-state index contributed by atoms with van der Waals surface area (Å²) in [4.78, 5) is 25.1. The summed E-state index contributed by atoms with van der Waals surface area (Å²) >= 11 is 0. The summed E-state index contributed by atoms with van der Waals surface area (Å²) in [5.74, 6) is 1.64. The highest BCUT2D eigenvalue weighted by molar-refractivity contribution is 5.84. The van der Waals surface area contributed by atoms with Crippen LogP contribution in [0.3, 0.4) is 0 Å². The number of nitrogen functional groups attached to an aromatic ring is 1. The van der Waals surface area contributed by atoms with Gasteiger partial charge in [-0.15, -0.1) is 0 Å². The van der Waals surface area contributed by atoms with Gasteiger partial charge >= 0.3 is 6.09 Å². The third-order valence-electron chi connectivity index (χ3n) is 2.74. The molecule has 1 aromatic carbocycles. The number of ether oxygens (including phenoxy) is 2. The number of methoxy groups -OCH3 is 1. The number of hydrogen-bond donors (Lipinski definition) is 2. The van der Waals surface area contributed by atoms with Crippen LogP contribution in [-0.4, -0.2) is 42.3 Å². The number of hydrogen-bond acceptors (Lipinski definition) is 8. The normalized spacial score (nSPS) is 10.0. The first-order valence-electron chi connectivity index (χ1n) is 6.73. The molecule has 0 aliphatic heterocycles. The third-order valence-corrected chi connectivity index (χ3v) is 2.74. The van der Waals surface area contributed by atoms with Crippen LogP contribution in [0.4, 0.5) is 22.4 Å². The van der Waals surface area contributed by atoms with Gasteiger partial charge in [0.2, 0.25) is 11.9 Å². The maximum atomic E-state index is 11.1. The molecule has 0 bridgehead atoms. The summed E-state index contributed by atoms with van der Waals surface area (Å²) in [6.45, 7) is 0.150. The third kappa shape index (κ3) is 4.70. The topological polar surface area (TPSA) is 115 Å². The number of anilines is 3. The molecule has 0 atom stereocenters. The predicted octanol–water partition coefficient (Wildman–Crippen LogP) is 1.28. The molecule has 122 valence electrons. The molecular formula is C14H18N6O3. The van der Waals surface area contributed by atoms with E-state index in [-0.39, 0.29) is 12.6 Å². The van der Waals surface area contributed by atoms with Crippen molar-refractivity contribution in [3.05, 3.63) is 30.1 Å². The highest BCUT2D eigenvalue weighted by atomic mass is 16.5. The lowest BCUT2D eigenvalue weighted by molar-refractivity contribution is 0.187. The van der Waals surface area contributed by atoms with Gasteiger partial charge in [-0.2, -0.15) is 15.0 Å². The number of nitrogens with two attached hydrogens (primary N) is 1. The SMILES string of the molecule is COC(=O)Nc1ccc(OCc2nc(N)nc(N(C)C)n2)cc1. The number of nitrogens with one attached hydrogen (secondary N) is 1. The average Bonchev–Trinajstić information content (AvgIpc) is 2.53. The zero-order chi connectivity index (χ0) is 16.8. The van der Waals surface area contributed by atoms with Crippen molar-refractivity contribution in [3.8, 4) is 5.75 Å². The van der Waals surface area contributed by atoms with E-state index >= 15 is 0 Å². The standard InChI is InChI=1S/C14H18N6O3/c1-20(2)13-18-11(17-12(15)19-13)8-23-10-6-4-9(5-7-10)16-14(21)22-3/h4-7H,8H2,1-3H3,(H,16,21)(H2,15,17,18,19). The number of nitrogens with zero attached hydrogens (tertiary/aromatic N) is 4. The monoisotopic (exact) mass is 318 g/mol. The van der Waals surface area contributed by atoms with E-state index in [1.165, 1.54) is 7.11 Å². The Bertz CT molecular complexity index is 675. The first-order chi connectivity index (χ1) is 11.0. The molecule has 1 amide bonds. The van der Waals surface area contributed by atoms with Crippen LogP contribution in [0.5, 0.6) is 5.75 Å². The Labute approximate surface area is 133 Å². The summed E-state index contributed by atoms with van der Waals surface area (Å²) in [6.07, 6.45) is -0.532. The van der Waals surface area contributed by atoms with Crippen molar-refractivity contribution in [2.24, 2.45) is 0 Å². The van der Waals surface area contributed by atoms with Crippen LogP contribution >= 0.6 is 0 Å². The molecular weight excluding hydrogens is 300 g/mol. The number of carbonyl (C=O) groups is 1. The minimum Gasteiger partial charge on any atom is -0.486 e. The fourth-order valence-corrected chi connectivity index (χ4v) is 1.64. The van der Waals surface area contributed by atoms with Gasteiger partial charge in [-0.25, -0.2) is 4.79 Å². The number of aromatic nitrogens is 3. The van der Waals surface area contributed by atoms with Crippen LogP contribution in [0.1, 0.15) is 5.82 Å². The maximum absolute atomic E-state index is 11.1. The molecule has 2 rings (SSSR count). The van der Waals surface area contributed by atoms with E-state index in [2.05, 4.69) is 25.0 Å². The second-order valence-corrected chi connectivity index (χ2v) is 4.73. The van der Waals surface area contributed by atoms with Crippen LogP contribution < -0.4 is 20.7 Å². The van der Waals surface area contributed by atoms with Gasteiger partial charge in [0, 0.05) is 19.8 Å². The number of carbonyl (C=O) groups excluding carboxylic acids is 1. The van der Waals surface area contributed by atoms with Crippen LogP contribution in [0.15, 0.2) is 24.3 Å². The second kappa shape index (κ2) is 7.25. The molecule has 2 aromatic rings. The first kappa shape index (κ1) is 16.3. The van der Waals surface area contributed by atoms with Crippen molar-refractivity contribution in [1.82, 2.24) is 15.0 Å². The molecule has 1 heterocycles. The van der Waals surface area contributed by atoms with Gasteiger partial charge in [-0.05, 0) is 24.3 Å². The molecule has 0 aliphatic rings.